The highest BCUT2D eigenvalue weighted by Gasteiger charge is 2.33. The molecule has 0 spiro atoms. The van der Waals surface area contributed by atoms with Gasteiger partial charge in [-0.25, -0.2) is 9.59 Å². The quantitative estimate of drug-likeness (QED) is 0.00859. The van der Waals surface area contributed by atoms with Gasteiger partial charge in [-0.3, -0.25) is 57.3 Å². The van der Waals surface area contributed by atoms with Crippen molar-refractivity contribution in [2.75, 3.05) is 90.7 Å². The smallest absolute Gasteiger partial charge is 0.328 e. The van der Waals surface area contributed by atoms with Gasteiger partial charge < -0.3 is 79.7 Å². The minimum absolute atomic E-state index is 0.00962. The zero-order chi connectivity index (χ0) is 79.8. The standard InChI is InChI=1S/C77H105IN5O25P/c1-103-77(100)66(20-8-10-40-79-68(87)23-11-14-54-24-31-61(78)32-25-54)82-73(93)57(28-34-69(88)80-39-9-2-3-18-63(85)51-58(74(94)95)29-35-70(89)81-65(76(98)99)21-13-42-108-109(101,102)53-60(75(96)97)30-37-72(91)92)50-64(86)38-43-105-45-47-107-49-48-106-46-44-104-41-12-19-62(84)33-36-71(90)83-52-59-17-5-4-15-55(59)26-27-56-16-6-7-22-67(56)83/h4-7,15-17,22,24-25,31-32,57-58,60,65-66H,2-3,8-14,18-21,23,28-30,33-53H2,1H3,(H,79,87)(H,80,88)(H,81,89)(H,82,93)(H,91,92)(H,94,95)(H,96,97)(H,98,99)(H,101,102)/t57?,58-,60?,65+,66?/m1/s1. The molecule has 0 radical (unpaired) electrons. The van der Waals surface area contributed by atoms with Crippen LogP contribution in [-0.2, 0) is 108 Å². The third-order valence-electron chi connectivity index (χ3n) is 17.6. The number of unbranched alkanes of at least 4 members (excludes halogenated alkanes) is 3. The van der Waals surface area contributed by atoms with Gasteiger partial charge in [-0.1, -0.05) is 60.7 Å². The third kappa shape index (κ3) is 40.8. The van der Waals surface area contributed by atoms with E-state index < -0.39 is 129 Å². The zero-order valence-electron chi connectivity index (χ0n) is 61.9. The average Bonchev–Trinajstić information content (AvgIpc) is 0.804. The molecule has 6 atom stereocenters. The fourth-order valence-corrected chi connectivity index (χ4v) is 13.3. The monoisotopic (exact) mass is 1660 g/mol. The molecule has 5 amide bonds. The molecule has 600 valence electrons. The number of hydrogen-bond acceptors (Lipinski definition) is 20. The molecular formula is C77H105IN5O25P. The number of aliphatic carboxylic acids is 4. The summed E-state index contributed by atoms with van der Waals surface area (Å²) in [4.78, 5) is 176. The minimum Gasteiger partial charge on any atom is -0.481 e. The summed E-state index contributed by atoms with van der Waals surface area (Å²) in [5.41, 5.74) is 4.39. The van der Waals surface area contributed by atoms with Crippen molar-refractivity contribution in [3.63, 3.8) is 0 Å². The minimum atomic E-state index is -4.53. The lowest BCUT2D eigenvalue weighted by molar-refractivity contribution is -0.146. The lowest BCUT2D eigenvalue weighted by Gasteiger charge is -2.26. The number of rotatable bonds is 61. The van der Waals surface area contributed by atoms with Crippen molar-refractivity contribution in [1.82, 2.24) is 21.3 Å². The molecule has 1 aliphatic heterocycles. The molecule has 0 fully saturated rings. The predicted octanol–water partition coefficient (Wildman–Crippen LogP) is 7.68. The summed E-state index contributed by atoms with van der Waals surface area (Å²) >= 11 is 2.23. The first-order chi connectivity index (χ1) is 52.2. The summed E-state index contributed by atoms with van der Waals surface area (Å²) in [5, 5.41) is 48.2. The fraction of sp³-hybridized carbons (Fsp3) is 0.571. The molecule has 1 heterocycles. The van der Waals surface area contributed by atoms with E-state index >= 15 is 0 Å². The number of hydrogen-bond donors (Lipinski definition) is 9. The normalized spacial score (nSPS) is 13.5. The van der Waals surface area contributed by atoms with Crippen LogP contribution in [0.2, 0.25) is 0 Å². The number of anilines is 1. The number of carbonyl (C=O) groups excluding carboxylic acids is 9. The topological polar surface area (TPSA) is 447 Å². The Hall–Kier alpha value is -8.35. The summed E-state index contributed by atoms with van der Waals surface area (Å²) in [6, 6.07) is 20.7. The first-order valence-corrected chi connectivity index (χ1v) is 39.7. The second-order valence-corrected chi connectivity index (χ2v) is 29.5. The predicted molar refractivity (Wildman–Crippen MR) is 406 cm³/mol. The molecular weight excluding hydrogens is 1550 g/mol. The molecule has 32 heteroatoms. The van der Waals surface area contributed by atoms with Crippen molar-refractivity contribution in [1.29, 1.82) is 0 Å². The Morgan fingerprint density at radius 1 is 0.495 bits per heavy atom. The number of benzene rings is 3. The van der Waals surface area contributed by atoms with Crippen LogP contribution in [0.15, 0.2) is 72.8 Å². The maximum atomic E-state index is 13.9. The van der Waals surface area contributed by atoms with E-state index in [0.29, 0.717) is 84.3 Å². The summed E-state index contributed by atoms with van der Waals surface area (Å²) in [6.07, 6.45) is 0.832. The average molecular weight is 1660 g/mol. The number of aryl methyl sites for hydroxylation is 1. The highest BCUT2D eigenvalue weighted by Crippen LogP contribution is 2.45. The Kier molecular flexibility index (Phi) is 45.7. The summed E-state index contributed by atoms with van der Waals surface area (Å²) < 4.78 is 45.9. The van der Waals surface area contributed by atoms with Gasteiger partial charge in [-0.2, -0.15) is 0 Å². The number of amides is 5. The number of nitrogens with one attached hydrogen (secondary N) is 4. The van der Waals surface area contributed by atoms with Crippen molar-refractivity contribution in [3.05, 3.63) is 98.6 Å². The van der Waals surface area contributed by atoms with Gasteiger partial charge in [0.15, 0.2) is 0 Å². The van der Waals surface area contributed by atoms with Crippen LogP contribution in [0, 0.1) is 33.2 Å². The molecule has 1 aliphatic rings. The molecule has 3 aromatic carbocycles. The van der Waals surface area contributed by atoms with Crippen LogP contribution in [-0.4, -0.2) is 200 Å². The molecule has 4 unspecified atom stereocenters. The second-order valence-electron chi connectivity index (χ2n) is 26.3. The molecule has 109 heavy (non-hydrogen) atoms. The van der Waals surface area contributed by atoms with E-state index in [1.165, 1.54) is 7.11 Å². The van der Waals surface area contributed by atoms with Gasteiger partial charge in [0.1, 0.15) is 29.4 Å². The van der Waals surface area contributed by atoms with E-state index in [1.807, 2.05) is 72.8 Å². The second kappa shape index (κ2) is 53.5. The molecule has 0 bridgehead atoms. The number of nitrogens with zero attached hydrogens (tertiary/aromatic N) is 1. The number of carboxylic acid groups (broad SMARTS) is 4. The Morgan fingerprint density at radius 2 is 1.06 bits per heavy atom. The Labute approximate surface area is 649 Å². The van der Waals surface area contributed by atoms with E-state index in [2.05, 4.69) is 55.7 Å². The molecule has 3 aromatic rings. The highest BCUT2D eigenvalue weighted by atomic mass is 127. The fourth-order valence-electron chi connectivity index (χ4n) is 11.5. The Bertz CT molecular complexity index is 3570. The number of carbonyl (C=O) groups is 13. The number of carboxylic acids is 4. The van der Waals surface area contributed by atoms with Crippen LogP contribution in [0.4, 0.5) is 5.69 Å². The SMILES string of the molecule is COC(=O)C(CCCCNC(=O)CCCc1ccc(I)cc1)NC(=O)C(CCC(=O)NCCCCCC(=O)C[C@@H](CCC(=O)N[C@@H](CCCOP(=O)(O)CC(CCC(=O)O)C(=O)O)C(=O)O)C(=O)O)CC(=O)CCOCCOCCOCCOCCCC(=O)CCC(=O)N1Cc2ccccc2C#Cc2ccccc21. The first kappa shape index (κ1) is 93.0. The molecule has 4 rings (SSSR count). The number of methoxy groups -OCH3 is 1. The van der Waals surface area contributed by atoms with Crippen LogP contribution in [0.5, 0.6) is 0 Å². The molecule has 9 N–H and O–H groups in total. The zero-order valence-corrected chi connectivity index (χ0v) is 64.9. The first-order valence-electron chi connectivity index (χ1n) is 36.9. The van der Waals surface area contributed by atoms with Crippen molar-refractivity contribution in [3.8, 4) is 11.8 Å². The number of halogens is 1. The van der Waals surface area contributed by atoms with E-state index in [-0.39, 0.29) is 140 Å². The van der Waals surface area contributed by atoms with Gasteiger partial charge in [0, 0.05) is 111 Å². The van der Waals surface area contributed by atoms with Crippen molar-refractivity contribution >= 4 is 113 Å². The number of ketones is 3. The number of ether oxygens (including phenoxy) is 5. The molecule has 0 aromatic heterocycles. The van der Waals surface area contributed by atoms with Crippen LogP contribution in [0.3, 0.4) is 0 Å². The van der Waals surface area contributed by atoms with E-state index in [0.717, 1.165) is 37.9 Å². The van der Waals surface area contributed by atoms with Crippen molar-refractivity contribution < 1.29 is 120 Å². The van der Waals surface area contributed by atoms with Gasteiger partial charge in [0.05, 0.1) is 90.2 Å². The summed E-state index contributed by atoms with van der Waals surface area (Å²) in [5.74, 6) is -6.73. The number of para-hydroxylation sites is 1. The summed E-state index contributed by atoms with van der Waals surface area (Å²) in [6.45, 7) is 2.21. The van der Waals surface area contributed by atoms with Crippen molar-refractivity contribution in [2.24, 2.45) is 17.8 Å². The van der Waals surface area contributed by atoms with Crippen LogP contribution in [0.25, 0.3) is 0 Å². The molecule has 30 nitrogen and oxygen atoms in total. The Morgan fingerprint density at radius 3 is 1.72 bits per heavy atom. The third-order valence-corrected chi connectivity index (χ3v) is 19.8. The van der Waals surface area contributed by atoms with Gasteiger partial charge in [-0.15, -0.1) is 0 Å². The van der Waals surface area contributed by atoms with Crippen LogP contribution < -0.4 is 26.2 Å². The molecule has 0 saturated carbocycles. The largest absolute Gasteiger partial charge is 0.481 e. The van der Waals surface area contributed by atoms with E-state index in [9.17, 15) is 87.1 Å². The molecule has 0 saturated heterocycles. The Balaban J connectivity index is 1.13. The number of fused-ring (bicyclic) bond motifs is 2. The van der Waals surface area contributed by atoms with Gasteiger partial charge in [0.25, 0.3) is 0 Å². The maximum Gasteiger partial charge on any atom is 0.328 e. The lowest BCUT2D eigenvalue weighted by Crippen LogP contribution is -2.45. The van der Waals surface area contributed by atoms with Crippen LogP contribution in [0.1, 0.15) is 176 Å². The number of Topliss-reactive ketones (excluding diaryl/α,β-unsaturated/α-hetero) is 3. The maximum absolute atomic E-state index is 13.9. The number of esters is 1. The van der Waals surface area contributed by atoms with Gasteiger partial charge >= 0.3 is 37.4 Å². The summed E-state index contributed by atoms with van der Waals surface area (Å²) in [7, 11) is -3.36. The van der Waals surface area contributed by atoms with E-state index in [1.54, 1.807) is 4.90 Å². The molecule has 0 aliphatic carbocycles. The lowest BCUT2D eigenvalue weighted by atomic mass is 9.94. The van der Waals surface area contributed by atoms with Gasteiger partial charge in [-0.05, 0) is 148 Å². The van der Waals surface area contributed by atoms with E-state index in [4.69, 9.17) is 33.3 Å². The van der Waals surface area contributed by atoms with Crippen LogP contribution >= 0.6 is 30.2 Å². The van der Waals surface area contributed by atoms with Crippen molar-refractivity contribution in [2.45, 2.75) is 179 Å². The van der Waals surface area contributed by atoms with Gasteiger partial charge in [0.2, 0.25) is 29.5 Å². The highest BCUT2D eigenvalue weighted by molar-refractivity contribution is 14.1.